The number of hydrogen-bond acceptors (Lipinski definition) is 2. The Bertz CT molecular complexity index is 1570. The van der Waals surface area contributed by atoms with Gasteiger partial charge in [0.05, 0.1) is 6.61 Å². The molecule has 2 spiro atoms. The van der Waals surface area contributed by atoms with Crippen LogP contribution in [0.25, 0.3) is 22.3 Å². The SMILES string of the molecule is Brc1ccc2c(c1)C1(CC=CCO1)c1cc(Br)ccc1-2.Brc1ccc2c(c1)C1(CCCCO1)c1cc(Br)ccc1-2.I. The molecule has 0 amide bonds. The van der Waals surface area contributed by atoms with Crippen molar-refractivity contribution in [3.05, 3.63) is 125 Å². The van der Waals surface area contributed by atoms with E-state index < -0.39 is 0 Å². The molecule has 2 nitrogen and oxygen atoms in total. The van der Waals surface area contributed by atoms with E-state index in [0.29, 0.717) is 6.61 Å². The number of benzene rings is 4. The Morgan fingerprint density at radius 1 is 0.512 bits per heavy atom. The zero-order valence-corrected chi connectivity index (χ0v) is 30.7. The number of hydrogen-bond donors (Lipinski definition) is 0. The van der Waals surface area contributed by atoms with Gasteiger partial charge in [-0.15, -0.1) is 24.0 Å². The lowest BCUT2D eigenvalue weighted by Gasteiger charge is -2.36. The maximum atomic E-state index is 6.35. The average Bonchev–Trinajstić information content (AvgIpc) is 3.36. The van der Waals surface area contributed by atoms with Crippen molar-refractivity contribution in [1.29, 1.82) is 0 Å². The normalized spacial score (nSPS) is 18.0. The van der Waals surface area contributed by atoms with Crippen LogP contribution in [0.15, 0.2) is 103 Å². The molecule has 0 atom stereocenters. The van der Waals surface area contributed by atoms with Crippen LogP contribution in [0.5, 0.6) is 0 Å². The fraction of sp³-hybridized carbons (Fsp3) is 0.235. The number of fused-ring (bicyclic) bond motifs is 10. The number of rotatable bonds is 0. The van der Waals surface area contributed by atoms with E-state index in [-0.39, 0.29) is 35.2 Å². The van der Waals surface area contributed by atoms with Gasteiger partial charge in [0.25, 0.3) is 0 Å². The molecule has 4 aliphatic rings. The molecule has 8 rings (SSSR count). The first-order chi connectivity index (χ1) is 19.4. The summed E-state index contributed by atoms with van der Waals surface area (Å²) in [5.74, 6) is 0. The summed E-state index contributed by atoms with van der Waals surface area (Å²) in [5, 5.41) is 0. The minimum atomic E-state index is -0.326. The van der Waals surface area contributed by atoms with Gasteiger partial charge in [0.1, 0.15) is 11.2 Å². The van der Waals surface area contributed by atoms with Crippen molar-refractivity contribution in [2.75, 3.05) is 13.2 Å². The van der Waals surface area contributed by atoms with Crippen molar-refractivity contribution in [1.82, 2.24) is 0 Å². The molecule has 2 aliphatic carbocycles. The number of halogens is 5. The highest BCUT2D eigenvalue weighted by atomic mass is 127. The average molecular weight is 914 g/mol. The van der Waals surface area contributed by atoms with Gasteiger partial charge in [0, 0.05) is 30.9 Å². The minimum absolute atomic E-state index is 0. The van der Waals surface area contributed by atoms with Gasteiger partial charge in [-0.05, 0) is 112 Å². The first-order valence-corrected chi connectivity index (χ1v) is 16.7. The summed E-state index contributed by atoms with van der Waals surface area (Å²) in [6.45, 7) is 1.51. The molecule has 4 aromatic rings. The van der Waals surface area contributed by atoms with Crippen LogP contribution in [-0.4, -0.2) is 13.2 Å². The third-order valence-corrected chi connectivity index (χ3v) is 10.5. The molecule has 2 aliphatic heterocycles. The van der Waals surface area contributed by atoms with Crippen molar-refractivity contribution >= 4 is 87.7 Å². The molecule has 0 bridgehead atoms. The van der Waals surface area contributed by atoms with E-state index in [0.717, 1.165) is 43.8 Å². The molecule has 0 saturated carbocycles. The molecule has 7 heteroatoms. The maximum Gasteiger partial charge on any atom is 0.123 e. The summed E-state index contributed by atoms with van der Waals surface area (Å²) >= 11 is 14.4. The lowest BCUT2D eigenvalue weighted by molar-refractivity contribution is -0.0502. The molecule has 210 valence electrons. The Morgan fingerprint density at radius 3 is 1.32 bits per heavy atom. The quantitative estimate of drug-likeness (QED) is 0.129. The summed E-state index contributed by atoms with van der Waals surface area (Å²) in [7, 11) is 0. The Kier molecular flexibility index (Phi) is 8.80. The van der Waals surface area contributed by atoms with Crippen molar-refractivity contribution in [2.24, 2.45) is 0 Å². The van der Waals surface area contributed by atoms with Crippen LogP contribution in [0, 0.1) is 0 Å². The predicted octanol–water partition coefficient (Wildman–Crippen LogP) is 11.7. The third kappa shape index (κ3) is 5.09. The summed E-state index contributed by atoms with van der Waals surface area (Å²) in [6.07, 6.45) is 8.66. The zero-order valence-electron chi connectivity index (χ0n) is 22.1. The first kappa shape index (κ1) is 30.2. The fourth-order valence-electron chi connectivity index (χ4n) is 6.79. The molecule has 4 aromatic carbocycles. The predicted molar refractivity (Wildman–Crippen MR) is 191 cm³/mol. The van der Waals surface area contributed by atoms with Gasteiger partial charge < -0.3 is 9.47 Å². The Hall–Kier alpha value is -0.810. The van der Waals surface area contributed by atoms with Gasteiger partial charge in [-0.2, -0.15) is 0 Å². The van der Waals surface area contributed by atoms with Gasteiger partial charge in [0.2, 0.25) is 0 Å². The van der Waals surface area contributed by atoms with Crippen molar-refractivity contribution in [3.8, 4) is 22.3 Å². The van der Waals surface area contributed by atoms with Crippen LogP contribution in [0.4, 0.5) is 0 Å². The molecule has 0 radical (unpaired) electrons. The molecule has 0 aromatic heterocycles. The lowest BCUT2D eigenvalue weighted by Crippen LogP contribution is -2.32. The third-order valence-electron chi connectivity index (χ3n) is 8.52. The van der Waals surface area contributed by atoms with Crippen LogP contribution < -0.4 is 0 Å². The molecule has 1 saturated heterocycles. The van der Waals surface area contributed by atoms with Crippen LogP contribution in [0.2, 0.25) is 0 Å². The van der Waals surface area contributed by atoms with E-state index in [1.54, 1.807) is 0 Å². The summed E-state index contributed by atoms with van der Waals surface area (Å²) in [6, 6.07) is 26.1. The topological polar surface area (TPSA) is 18.5 Å². The first-order valence-electron chi connectivity index (χ1n) is 13.6. The monoisotopic (exact) mass is 910 g/mol. The highest BCUT2D eigenvalue weighted by Gasteiger charge is 2.46. The second kappa shape index (κ2) is 11.9. The molecule has 0 N–H and O–H groups in total. The second-order valence-electron chi connectivity index (χ2n) is 10.7. The van der Waals surface area contributed by atoms with Gasteiger partial charge in [-0.3, -0.25) is 0 Å². The van der Waals surface area contributed by atoms with Crippen molar-refractivity contribution < 1.29 is 9.47 Å². The summed E-state index contributed by atoms with van der Waals surface area (Å²) in [5.41, 5.74) is 9.81. The maximum absolute atomic E-state index is 6.35. The highest BCUT2D eigenvalue weighted by molar-refractivity contribution is 14.0. The summed E-state index contributed by atoms with van der Waals surface area (Å²) in [4.78, 5) is 0. The van der Waals surface area contributed by atoms with Gasteiger partial charge in [-0.1, -0.05) is 100 Å². The molecule has 1 fully saturated rings. The highest BCUT2D eigenvalue weighted by Crippen LogP contribution is 2.55. The van der Waals surface area contributed by atoms with Gasteiger partial charge >= 0.3 is 0 Å². The molecular weight excluding hydrogens is 887 g/mol. The minimum Gasteiger partial charge on any atom is -0.365 e. The van der Waals surface area contributed by atoms with E-state index in [2.05, 4.69) is 149 Å². The lowest BCUT2D eigenvalue weighted by atomic mass is 9.84. The largest absolute Gasteiger partial charge is 0.365 e. The Morgan fingerprint density at radius 2 is 0.951 bits per heavy atom. The van der Waals surface area contributed by atoms with Crippen LogP contribution >= 0.6 is 87.7 Å². The van der Waals surface area contributed by atoms with Crippen LogP contribution in [-0.2, 0) is 20.7 Å². The second-order valence-corrected chi connectivity index (χ2v) is 14.4. The van der Waals surface area contributed by atoms with Crippen LogP contribution in [0.1, 0.15) is 47.9 Å². The molecular formula is C34H27Br4IO2. The van der Waals surface area contributed by atoms with Crippen LogP contribution in [0.3, 0.4) is 0 Å². The Balaban J connectivity index is 0.000000144. The molecule has 41 heavy (non-hydrogen) atoms. The summed E-state index contributed by atoms with van der Waals surface area (Å²) < 4.78 is 17.0. The van der Waals surface area contributed by atoms with Crippen molar-refractivity contribution in [2.45, 2.75) is 36.9 Å². The van der Waals surface area contributed by atoms with E-state index in [4.69, 9.17) is 9.47 Å². The van der Waals surface area contributed by atoms with Gasteiger partial charge in [-0.25, -0.2) is 0 Å². The molecule has 2 heterocycles. The fourth-order valence-corrected chi connectivity index (χ4v) is 8.24. The number of ether oxygens (including phenoxy) is 2. The molecule has 0 unspecified atom stereocenters. The zero-order chi connectivity index (χ0) is 27.5. The Labute approximate surface area is 291 Å². The van der Waals surface area contributed by atoms with E-state index >= 15 is 0 Å². The van der Waals surface area contributed by atoms with E-state index in [1.807, 2.05) is 0 Å². The van der Waals surface area contributed by atoms with Gasteiger partial charge in [0.15, 0.2) is 0 Å². The van der Waals surface area contributed by atoms with Crippen molar-refractivity contribution in [3.63, 3.8) is 0 Å². The smallest absolute Gasteiger partial charge is 0.123 e. The standard InChI is InChI=1S/C17H14Br2O.C17H12Br2O.HI/c2*18-11-3-5-13-14-6-4-12(19)10-16(14)17(15(13)9-11)7-1-2-8-20-17;/h3-6,9-10H,1-2,7-8H2;1-6,9-10H,7-8H2;1H. The van der Waals surface area contributed by atoms with E-state index in [1.165, 1.54) is 50.9 Å². The van der Waals surface area contributed by atoms with E-state index in [9.17, 15) is 0 Å².